The highest BCUT2D eigenvalue weighted by Gasteiger charge is 2.39. The molecule has 1 fully saturated rings. The maximum atomic E-state index is 13.5. The van der Waals surface area contributed by atoms with Gasteiger partial charge < -0.3 is 15.7 Å². The Hall–Kier alpha value is -4.99. The van der Waals surface area contributed by atoms with Crippen LogP contribution < -0.4 is 15.5 Å². The Morgan fingerprint density at radius 1 is 0.911 bits per heavy atom. The van der Waals surface area contributed by atoms with E-state index in [0.29, 0.717) is 23.2 Å². The Bertz CT molecular complexity index is 1580. The standard InChI is InChI=1S/C32H29F5N4O4/c33-31(34,29(43)44)19-39-28(42)24-8-6-20(7-9-24)18-41(27-12-10-23(11-13-27)22-4-2-1-3-5-22)30(45)40-26-15-21(17-38)14-25(16-26)32(35,36)37/h6-16,22H,1-5,18-19H2,(H,39,42)(H,40,45)(H,43,44). The number of nitrogens with one attached hydrogen (secondary N) is 2. The molecule has 3 amide bonds. The number of halogens is 5. The first-order chi connectivity index (χ1) is 21.3. The van der Waals surface area contributed by atoms with Crippen LogP contribution in [0.1, 0.15) is 70.6 Å². The molecule has 8 nitrogen and oxygen atoms in total. The lowest BCUT2D eigenvalue weighted by atomic mass is 9.84. The molecule has 0 atom stereocenters. The molecule has 0 spiro atoms. The second kappa shape index (κ2) is 13.8. The molecule has 0 radical (unpaired) electrons. The molecule has 0 aliphatic heterocycles. The maximum absolute atomic E-state index is 13.5. The SMILES string of the molecule is N#Cc1cc(NC(=O)N(Cc2ccc(C(=O)NCC(F)(F)C(=O)O)cc2)c2ccc(C3CCCCC3)cc2)cc(C(F)(F)F)c1. The van der Waals surface area contributed by atoms with Gasteiger partial charge >= 0.3 is 24.1 Å². The molecular formula is C32H29F5N4O4. The van der Waals surface area contributed by atoms with E-state index in [1.165, 1.54) is 35.6 Å². The Kier molecular flexibility index (Phi) is 10.1. The highest BCUT2D eigenvalue weighted by Crippen LogP contribution is 2.34. The van der Waals surface area contributed by atoms with Gasteiger partial charge in [-0.3, -0.25) is 9.69 Å². The maximum Gasteiger partial charge on any atom is 0.416 e. The number of carboxylic acids is 1. The van der Waals surface area contributed by atoms with Crippen LogP contribution in [-0.2, 0) is 17.5 Å². The molecule has 4 rings (SSSR count). The zero-order chi connectivity index (χ0) is 32.8. The minimum absolute atomic E-state index is 0.0410. The molecule has 236 valence electrons. The summed E-state index contributed by atoms with van der Waals surface area (Å²) in [5.74, 6) is -7.08. The van der Waals surface area contributed by atoms with Gasteiger partial charge in [0.1, 0.15) is 0 Å². The number of hydrogen-bond donors (Lipinski definition) is 3. The van der Waals surface area contributed by atoms with Gasteiger partial charge in [0.15, 0.2) is 0 Å². The molecule has 3 aromatic carbocycles. The fourth-order valence-corrected chi connectivity index (χ4v) is 5.07. The van der Waals surface area contributed by atoms with Crippen molar-refractivity contribution in [1.29, 1.82) is 5.26 Å². The molecular weight excluding hydrogens is 599 g/mol. The first-order valence-electron chi connectivity index (χ1n) is 14.1. The number of nitriles is 1. The van der Waals surface area contributed by atoms with Crippen LogP contribution in [-0.4, -0.2) is 35.5 Å². The molecule has 0 saturated heterocycles. The minimum atomic E-state index is -4.75. The first-order valence-corrected chi connectivity index (χ1v) is 14.1. The van der Waals surface area contributed by atoms with Crippen LogP contribution in [0.25, 0.3) is 0 Å². The average Bonchev–Trinajstić information content (AvgIpc) is 3.02. The fraction of sp³-hybridized carbons (Fsp3) is 0.312. The van der Waals surface area contributed by atoms with Gasteiger partial charge in [-0.25, -0.2) is 9.59 Å². The van der Waals surface area contributed by atoms with E-state index in [-0.39, 0.29) is 23.4 Å². The van der Waals surface area contributed by atoms with E-state index in [1.54, 1.807) is 18.2 Å². The lowest BCUT2D eigenvalue weighted by Crippen LogP contribution is -2.42. The zero-order valence-corrected chi connectivity index (χ0v) is 23.8. The van der Waals surface area contributed by atoms with Crippen molar-refractivity contribution in [3.63, 3.8) is 0 Å². The van der Waals surface area contributed by atoms with Gasteiger partial charge in [-0.05, 0) is 72.4 Å². The van der Waals surface area contributed by atoms with Gasteiger partial charge in [0, 0.05) is 16.9 Å². The van der Waals surface area contributed by atoms with Gasteiger partial charge in [0.2, 0.25) is 0 Å². The van der Waals surface area contributed by atoms with E-state index in [0.717, 1.165) is 43.4 Å². The molecule has 3 N–H and O–H groups in total. The highest BCUT2D eigenvalue weighted by molar-refractivity contribution is 6.02. The first kappa shape index (κ1) is 32.9. The summed E-state index contributed by atoms with van der Waals surface area (Å²) in [7, 11) is 0. The molecule has 13 heteroatoms. The van der Waals surface area contributed by atoms with Crippen LogP contribution in [0.3, 0.4) is 0 Å². The predicted molar refractivity (Wildman–Crippen MR) is 155 cm³/mol. The van der Waals surface area contributed by atoms with E-state index < -0.39 is 42.1 Å². The second-order valence-electron chi connectivity index (χ2n) is 10.7. The van der Waals surface area contributed by atoms with Crippen molar-refractivity contribution in [2.45, 2.75) is 56.7 Å². The topological polar surface area (TPSA) is 123 Å². The number of carbonyl (C=O) groups excluding carboxylic acids is 2. The second-order valence-corrected chi connectivity index (χ2v) is 10.7. The lowest BCUT2D eigenvalue weighted by Gasteiger charge is -2.26. The van der Waals surface area contributed by atoms with Gasteiger partial charge in [0.25, 0.3) is 5.91 Å². The van der Waals surface area contributed by atoms with Crippen LogP contribution in [0, 0.1) is 11.3 Å². The number of carboxylic acid groups (broad SMARTS) is 1. The Morgan fingerprint density at radius 3 is 2.13 bits per heavy atom. The monoisotopic (exact) mass is 628 g/mol. The Labute approximate surface area is 255 Å². The average molecular weight is 629 g/mol. The van der Waals surface area contributed by atoms with Crippen molar-refractivity contribution in [3.8, 4) is 6.07 Å². The molecule has 1 aliphatic rings. The van der Waals surface area contributed by atoms with E-state index in [1.807, 2.05) is 17.4 Å². The number of anilines is 2. The third kappa shape index (κ3) is 8.56. The number of carbonyl (C=O) groups is 3. The van der Waals surface area contributed by atoms with Crippen molar-refractivity contribution in [3.05, 3.63) is 94.5 Å². The molecule has 0 unspecified atom stereocenters. The predicted octanol–water partition coefficient (Wildman–Crippen LogP) is 7.31. The van der Waals surface area contributed by atoms with Crippen LogP contribution in [0.15, 0.2) is 66.7 Å². The summed E-state index contributed by atoms with van der Waals surface area (Å²) < 4.78 is 67.0. The van der Waals surface area contributed by atoms with Crippen molar-refractivity contribution in [2.75, 3.05) is 16.8 Å². The Morgan fingerprint density at radius 2 is 1.56 bits per heavy atom. The van der Waals surface area contributed by atoms with Crippen molar-refractivity contribution >= 4 is 29.3 Å². The van der Waals surface area contributed by atoms with E-state index in [2.05, 4.69) is 5.32 Å². The van der Waals surface area contributed by atoms with Crippen molar-refractivity contribution in [2.24, 2.45) is 0 Å². The number of rotatable bonds is 9. The molecule has 0 aromatic heterocycles. The van der Waals surface area contributed by atoms with Crippen LogP contribution in [0.4, 0.5) is 38.1 Å². The van der Waals surface area contributed by atoms with Gasteiger partial charge in [-0.2, -0.15) is 27.2 Å². The lowest BCUT2D eigenvalue weighted by molar-refractivity contribution is -0.163. The van der Waals surface area contributed by atoms with E-state index in [4.69, 9.17) is 5.11 Å². The third-order valence-electron chi connectivity index (χ3n) is 7.51. The molecule has 0 bridgehead atoms. The summed E-state index contributed by atoms with van der Waals surface area (Å²) in [5.41, 5.74) is 0.349. The number of aliphatic carboxylic acids is 1. The Balaban J connectivity index is 1.58. The number of amides is 3. The van der Waals surface area contributed by atoms with E-state index >= 15 is 0 Å². The molecule has 1 aliphatic carbocycles. The summed E-state index contributed by atoms with van der Waals surface area (Å²) in [6.45, 7) is -1.51. The normalized spacial score (nSPS) is 13.9. The van der Waals surface area contributed by atoms with Gasteiger partial charge in [0.05, 0.1) is 30.3 Å². The number of urea groups is 1. The number of alkyl halides is 5. The quantitative estimate of drug-likeness (QED) is 0.215. The van der Waals surface area contributed by atoms with Crippen LogP contribution >= 0.6 is 0 Å². The number of hydrogen-bond acceptors (Lipinski definition) is 4. The summed E-state index contributed by atoms with van der Waals surface area (Å²) in [5, 5.41) is 22.1. The smallest absolute Gasteiger partial charge is 0.416 e. The summed E-state index contributed by atoms with van der Waals surface area (Å²) in [4.78, 5) is 37.7. The summed E-state index contributed by atoms with van der Waals surface area (Å²) in [6, 6.07) is 16.2. The molecule has 3 aromatic rings. The summed E-state index contributed by atoms with van der Waals surface area (Å²) in [6.07, 6.45) is 0.777. The molecule has 0 heterocycles. The number of benzene rings is 3. The molecule has 45 heavy (non-hydrogen) atoms. The van der Waals surface area contributed by atoms with Gasteiger partial charge in [-0.15, -0.1) is 0 Å². The van der Waals surface area contributed by atoms with Crippen LogP contribution in [0.5, 0.6) is 0 Å². The van der Waals surface area contributed by atoms with Gasteiger partial charge in [-0.1, -0.05) is 43.5 Å². The zero-order valence-electron chi connectivity index (χ0n) is 23.8. The summed E-state index contributed by atoms with van der Waals surface area (Å²) >= 11 is 0. The minimum Gasteiger partial charge on any atom is -0.477 e. The number of nitrogens with zero attached hydrogens (tertiary/aromatic N) is 2. The largest absolute Gasteiger partial charge is 0.477 e. The molecule has 1 saturated carbocycles. The highest BCUT2D eigenvalue weighted by atomic mass is 19.4. The fourth-order valence-electron chi connectivity index (χ4n) is 5.07. The van der Waals surface area contributed by atoms with E-state index in [9.17, 15) is 41.6 Å². The van der Waals surface area contributed by atoms with Crippen LogP contribution in [0.2, 0.25) is 0 Å². The van der Waals surface area contributed by atoms with Crippen molar-refractivity contribution in [1.82, 2.24) is 5.32 Å². The third-order valence-corrected chi connectivity index (χ3v) is 7.51. The van der Waals surface area contributed by atoms with Crippen molar-refractivity contribution < 1.29 is 41.4 Å².